The number of rotatable bonds is 2. The van der Waals surface area contributed by atoms with E-state index in [1.54, 1.807) is 0 Å². The third kappa shape index (κ3) is 2.18. The number of ether oxygens (including phenoxy) is 2. The molecule has 1 unspecified atom stereocenters. The molecule has 0 aromatic heterocycles. The van der Waals surface area contributed by atoms with Crippen molar-refractivity contribution >= 4 is 5.84 Å². The van der Waals surface area contributed by atoms with Gasteiger partial charge in [0.1, 0.15) is 17.4 Å². The molecule has 2 N–H and O–H groups in total. The molecule has 6 nitrogen and oxygen atoms in total. The second-order valence-corrected chi connectivity index (χ2v) is 7.33. The molecule has 0 bridgehead atoms. The van der Waals surface area contributed by atoms with Crippen LogP contribution in [0, 0.1) is 0 Å². The van der Waals surface area contributed by atoms with Gasteiger partial charge >= 0.3 is 0 Å². The summed E-state index contributed by atoms with van der Waals surface area (Å²) in [6, 6.07) is -0.0921. The number of aliphatic imine (C=N–C) groups is 1. The summed E-state index contributed by atoms with van der Waals surface area (Å²) in [5, 5.41) is 0. The van der Waals surface area contributed by atoms with E-state index in [0.717, 1.165) is 59.5 Å². The topological polar surface area (TPSA) is 63.3 Å². The van der Waals surface area contributed by atoms with Gasteiger partial charge in [0.05, 0.1) is 0 Å². The zero-order valence-electron chi connectivity index (χ0n) is 15.1. The van der Waals surface area contributed by atoms with Gasteiger partial charge in [0.15, 0.2) is 5.76 Å². The van der Waals surface area contributed by atoms with Crippen LogP contribution in [0.5, 0.6) is 0 Å². The van der Waals surface area contributed by atoms with Crippen molar-refractivity contribution < 1.29 is 9.47 Å². The van der Waals surface area contributed by atoms with Crippen LogP contribution in [0.15, 0.2) is 75.3 Å². The van der Waals surface area contributed by atoms with E-state index in [9.17, 15) is 0 Å². The number of amidine groups is 1. The predicted octanol–water partition coefficient (Wildman–Crippen LogP) is 2.48. The molecule has 0 fully saturated rings. The Bertz CT molecular complexity index is 914. The van der Waals surface area contributed by atoms with E-state index in [1.165, 1.54) is 11.1 Å². The first-order valence-corrected chi connectivity index (χ1v) is 8.90. The zero-order valence-corrected chi connectivity index (χ0v) is 15.1. The second kappa shape index (κ2) is 5.38. The van der Waals surface area contributed by atoms with Crippen LogP contribution in [0.3, 0.4) is 0 Å². The molecule has 4 heterocycles. The molecule has 0 aromatic rings. The summed E-state index contributed by atoms with van der Waals surface area (Å²) in [6.45, 7) is 10.3. The molecule has 1 aliphatic carbocycles. The molecule has 26 heavy (non-hydrogen) atoms. The highest BCUT2D eigenvalue weighted by molar-refractivity contribution is 6.04. The molecule has 1 atom stereocenters. The van der Waals surface area contributed by atoms with Crippen molar-refractivity contribution in [3.8, 4) is 0 Å². The molecule has 0 amide bonds. The fourth-order valence-corrected chi connectivity index (χ4v) is 4.07. The smallest absolute Gasteiger partial charge is 0.230 e. The quantitative estimate of drug-likeness (QED) is 0.829. The van der Waals surface area contributed by atoms with Crippen molar-refractivity contribution in [2.75, 3.05) is 19.9 Å². The van der Waals surface area contributed by atoms with E-state index < -0.39 is 0 Å². The molecular formula is C20H22N4O2. The van der Waals surface area contributed by atoms with Crippen molar-refractivity contribution in [2.45, 2.75) is 26.3 Å². The van der Waals surface area contributed by atoms with Crippen LogP contribution < -0.4 is 5.73 Å². The van der Waals surface area contributed by atoms with Gasteiger partial charge in [-0.2, -0.15) is 0 Å². The Kier molecular flexibility index (Phi) is 3.21. The standard InChI is InChI=1S/C20H22N4O2/c1-11-4-15(13(3)21)20-22-18(5-12(2)24(20)7-11)23-8-14-6-17-19(16(14)9-23)26-10-25-17/h4-5,7,13H,2,6,8-10,21H2,1,3H3. The maximum Gasteiger partial charge on any atom is 0.230 e. The largest absolute Gasteiger partial charge is 0.458 e. The van der Waals surface area contributed by atoms with Crippen molar-refractivity contribution in [2.24, 2.45) is 10.7 Å². The lowest BCUT2D eigenvalue weighted by molar-refractivity contribution is 0.0700. The summed E-state index contributed by atoms with van der Waals surface area (Å²) in [7, 11) is 0. The summed E-state index contributed by atoms with van der Waals surface area (Å²) in [4.78, 5) is 9.25. The summed E-state index contributed by atoms with van der Waals surface area (Å²) in [6.07, 6.45) is 7.06. The Morgan fingerprint density at radius 2 is 2.12 bits per heavy atom. The van der Waals surface area contributed by atoms with Gasteiger partial charge in [0.25, 0.3) is 0 Å². The number of fused-ring (bicyclic) bond motifs is 2. The van der Waals surface area contributed by atoms with Crippen LogP contribution in [0.4, 0.5) is 0 Å². The van der Waals surface area contributed by atoms with Gasteiger partial charge in [0.2, 0.25) is 6.79 Å². The van der Waals surface area contributed by atoms with Crippen LogP contribution in [0.2, 0.25) is 0 Å². The molecule has 0 aromatic carbocycles. The lowest BCUT2D eigenvalue weighted by Gasteiger charge is -2.35. The molecule has 6 heteroatoms. The summed E-state index contributed by atoms with van der Waals surface area (Å²) < 4.78 is 11.2. The highest BCUT2D eigenvalue weighted by Crippen LogP contribution is 2.42. The normalized spacial score (nSPS) is 25.1. The number of nitrogens with zero attached hydrogens (tertiary/aromatic N) is 3. The van der Waals surface area contributed by atoms with Crippen molar-refractivity contribution in [3.05, 3.63) is 70.3 Å². The third-order valence-electron chi connectivity index (χ3n) is 5.34. The minimum atomic E-state index is -0.0921. The van der Waals surface area contributed by atoms with E-state index in [-0.39, 0.29) is 6.04 Å². The molecular weight excluding hydrogens is 328 g/mol. The van der Waals surface area contributed by atoms with E-state index in [2.05, 4.69) is 30.7 Å². The van der Waals surface area contributed by atoms with Crippen LogP contribution in [-0.4, -0.2) is 41.6 Å². The van der Waals surface area contributed by atoms with Gasteiger partial charge in [-0.15, -0.1) is 0 Å². The van der Waals surface area contributed by atoms with Gasteiger partial charge in [-0.1, -0.05) is 6.58 Å². The monoisotopic (exact) mass is 350 g/mol. The zero-order chi connectivity index (χ0) is 18.0. The highest BCUT2D eigenvalue weighted by Gasteiger charge is 2.38. The number of nitrogens with two attached hydrogens (primary N) is 1. The fraction of sp³-hybridized carbons (Fsp3) is 0.350. The number of allylic oxidation sites excluding steroid dienone is 4. The molecule has 0 saturated heterocycles. The molecule has 0 radical (unpaired) electrons. The average Bonchev–Trinajstić information content (AvgIpc) is 3.26. The Morgan fingerprint density at radius 3 is 2.92 bits per heavy atom. The SMILES string of the molecule is C=C1C=C(N2CC3=C(C2)C2=C(C3)OCO2)N=C2C(C(C)N)=CC(C)=CN12. The molecule has 4 aliphatic heterocycles. The van der Waals surface area contributed by atoms with Gasteiger partial charge in [0, 0.05) is 54.7 Å². The maximum absolute atomic E-state index is 6.20. The van der Waals surface area contributed by atoms with Crippen LogP contribution in [0.1, 0.15) is 20.3 Å². The first kappa shape index (κ1) is 15.5. The first-order valence-electron chi connectivity index (χ1n) is 8.90. The Hall–Kier alpha value is -2.73. The third-order valence-corrected chi connectivity index (χ3v) is 5.34. The van der Waals surface area contributed by atoms with Crippen LogP contribution in [-0.2, 0) is 9.47 Å². The van der Waals surface area contributed by atoms with E-state index in [4.69, 9.17) is 20.2 Å². The van der Waals surface area contributed by atoms with E-state index in [0.29, 0.717) is 6.79 Å². The lowest BCUT2D eigenvalue weighted by Crippen LogP contribution is -2.38. The number of hydrogen-bond donors (Lipinski definition) is 1. The maximum atomic E-state index is 6.20. The van der Waals surface area contributed by atoms with Gasteiger partial charge in [-0.05, 0) is 31.1 Å². The molecule has 5 aliphatic rings. The van der Waals surface area contributed by atoms with E-state index in [1.807, 2.05) is 17.9 Å². The predicted molar refractivity (Wildman–Crippen MR) is 99.3 cm³/mol. The minimum absolute atomic E-state index is 0.0921. The van der Waals surface area contributed by atoms with Crippen molar-refractivity contribution in [1.29, 1.82) is 0 Å². The molecule has 0 saturated carbocycles. The van der Waals surface area contributed by atoms with Gasteiger partial charge in [-0.3, -0.25) is 0 Å². The summed E-state index contributed by atoms with van der Waals surface area (Å²) in [5.41, 5.74) is 11.9. The Labute approximate surface area is 152 Å². The fourth-order valence-electron chi connectivity index (χ4n) is 4.07. The molecule has 5 rings (SSSR count). The van der Waals surface area contributed by atoms with Crippen LogP contribution in [0.25, 0.3) is 0 Å². The molecule has 0 spiro atoms. The van der Waals surface area contributed by atoms with Crippen molar-refractivity contribution in [1.82, 2.24) is 9.80 Å². The average molecular weight is 350 g/mol. The van der Waals surface area contributed by atoms with Gasteiger partial charge < -0.3 is 25.0 Å². The van der Waals surface area contributed by atoms with Crippen LogP contribution >= 0.6 is 0 Å². The number of hydrogen-bond acceptors (Lipinski definition) is 6. The minimum Gasteiger partial charge on any atom is -0.458 e. The van der Waals surface area contributed by atoms with Gasteiger partial charge in [-0.25, -0.2) is 4.99 Å². The van der Waals surface area contributed by atoms with E-state index >= 15 is 0 Å². The summed E-state index contributed by atoms with van der Waals surface area (Å²) in [5.74, 6) is 3.74. The lowest BCUT2D eigenvalue weighted by atomic mass is 10.00. The highest BCUT2D eigenvalue weighted by atomic mass is 16.7. The Balaban J connectivity index is 1.45. The van der Waals surface area contributed by atoms with Crippen molar-refractivity contribution in [3.63, 3.8) is 0 Å². The first-order chi connectivity index (χ1) is 12.5. The summed E-state index contributed by atoms with van der Waals surface area (Å²) >= 11 is 0. The molecule has 134 valence electrons. The Morgan fingerprint density at radius 1 is 1.27 bits per heavy atom. The second-order valence-electron chi connectivity index (χ2n) is 7.33.